The van der Waals surface area contributed by atoms with Gasteiger partial charge in [-0.2, -0.15) is 0 Å². The smallest absolute Gasteiger partial charge is 0.265 e. The topological polar surface area (TPSA) is 61.8 Å². The molecule has 0 saturated heterocycles. The molecule has 1 aromatic carbocycles. The number of aliphatic hydroxyl groups is 1. The van der Waals surface area contributed by atoms with E-state index in [1.165, 1.54) is 0 Å². The second kappa shape index (κ2) is 4.96. The van der Waals surface area contributed by atoms with Crippen LogP contribution in [-0.4, -0.2) is 42.7 Å². The molecule has 98 valence electrons. The lowest BCUT2D eigenvalue weighted by Gasteiger charge is -2.27. The summed E-state index contributed by atoms with van der Waals surface area (Å²) in [6.45, 7) is 1.74. The molecule has 1 heterocycles. The summed E-state index contributed by atoms with van der Waals surface area (Å²) in [5.74, 6) is 0.520. The standard InChI is InChI=1S/C13H18N2O3/c1-8-13(17)14-10-6-9(4-5-12(10)18-8)11(7-16)15(2)3/h4-6,8,11,16H,7H2,1-3H3,(H,14,17). The molecule has 0 bridgehead atoms. The van der Waals surface area contributed by atoms with E-state index in [2.05, 4.69) is 5.32 Å². The van der Waals surface area contributed by atoms with Gasteiger partial charge in [0.05, 0.1) is 18.3 Å². The number of aliphatic hydroxyl groups excluding tert-OH is 1. The van der Waals surface area contributed by atoms with Gasteiger partial charge in [0.25, 0.3) is 5.91 Å². The van der Waals surface area contributed by atoms with E-state index in [0.717, 1.165) is 5.56 Å². The maximum Gasteiger partial charge on any atom is 0.265 e. The Balaban J connectivity index is 2.32. The Morgan fingerprint density at radius 3 is 2.83 bits per heavy atom. The second-order valence-electron chi connectivity index (χ2n) is 4.67. The minimum atomic E-state index is -0.467. The largest absolute Gasteiger partial charge is 0.479 e. The molecule has 0 saturated carbocycles. The van der Waals surface area contributed by atoms with Crippen LogP contribution in [0.4, 0.5) is 5.69 Å². The highest BCUT2D eigenvalue weighted by Crippen LogP contribution is 2.32. The number of hydrogen-bond donors (Lipinski definition) is 2. The Hall–Kier alpha value is -1.59. The van der Waals surface area contributed by atoms with E-state index >= 15 is 0 Å². The average molecular weight is 250 g/mol. The fourth-order valence-electron chi connectivity index (χ4n) is 2.00. The maximum absolute atomic E-state index is 11.5. The van der Waals surface area contributed by atoms with Crippen LogP contribution in [0.2, 0.25) is 0 Å². The normalized spacial score (nSPS) is 20.1. The van der Waals surface area contributed by atoms with Gasteiger partial charge < -0.3 is 20.1 Å². The van der Waals surface area contributed by atoms with Crippen molar-refractivity contribution in [2.45, 2.75) is 19.1 Å². The van der Waals surface area contributed by atoms with E-state index in [-0.39, 0.29) is 18.6 Å². The highest BCUT2D eigenvalue weighted by atomic mass is 16.5. The number of rotatable bonds is 3. The minimum Gasteiger partial charge on any atom is -0.479 e. The molecule has 5 heteroatoms. The molecular weight excluding hydrogens is 232 g/mol. The minimum absolute atomic E-state index is 0.0248. The number of likely N-dealkylation sites (N-methyl/N-ethyl adjacent to an activating group) is 1. The van der Waals surface area contributed by atoms with Gasteiger partial charge in [0.2, 0.25) is 0 Å². The molecule has 18 heavy (non-hydrogen) atoms. The van der Waals surface area contributed by atoms with E-state index < -0.39 is 6.10 Å². The lowest BCUT2D eigenvalue weighted by Crippen LogP contribution is -2.34. The van der Waals surface area contributed by atoms with Gasteiger partial charge in [-0.05, 0) is 38.7 Å². The molecule has 0 radical (unpaired) electrons. The first-order chi connectivity index (χ1) is 8.52. The second-order valence-corrected chi connectivity index (χ2v) is 4.67. The zero-order valence-electron chi connectivity index (χ0n) is 10.8. The van der Waals surface area contributed by atoms with Gasteiger partial charge in [-0.1, -0.05) is 6.07 Å². The fourth-order valence-corrected chi connectivity index (χ4v) is 2.00. The van der Waals surface area contributed by atoms with Crippen LogP contribution in [0.15, 0.2) is 18.2 Å². The van der Waals surface area contributed by atoms with Crippen LogP contribution in [0.5, 0.6) is 5.75 Å². The van der Waals surface area contributed by atoms with Gasteiger partial charge in [-0.15, -0.1) is 0 Å². The summed E-state index contributed by atoms with van der Waals surface area (Å²) >= 11 is 0. The van der Waals surface area contributed by atoms with Crippen LogP contribution in [-0.2, 0) is 4.79 Å². The molecule has 2 N–H and O–H groups in total. The zero-order valence-corrected chi connectivity index (χ0v) is 10.8. The van der Waals surface area contributed by atoms with Gasteiger partial charge in [0, 0.05) is 0 Å². The molecule has 2 rings (SSSR count). The van der Waals surface area contributed by atoms with E-state index in [0.29, 0.717) is 11.4 Å². The van der Waals surface area contributed by atoms with Crippen LogP contribution in [0.25, 0.3) is 0 Å². The molecule has 1 aliphatic rings. The van der Waals surface area contributed by atoms with Gasteiger partial charge in [-0.25, -0.2) is 0 Å². The number of hydrogen-bond acceptors (Lipinski definition) is 4. The van der Waals surface area contributed by atoms with Crippen LogP contribution in [0.3, 0.4) is 0 Å². The number of nitrogens with zero attached hydrogens (tertiary/aromatic N) is 1. The molecule has 0 aromatic heterocycles. The summed E-state index contributed by atoms with van der Waals surface area (Å²) in [5.41, 5.74) is 1.61. The molecule has 0 spiro atoms. The third-order valence-corrected chi connectivity index (χ3v) is 3.12. The number of carbonyl (C=O) groups is 1. The summed E-state index contributed by atoms with van der Waals surface area (Å²) in [5, 5.41) is 12.2. The first-order valence-electron chi connectivity index (χ1n) is 5.91. The molecule has 2 unspecified atom stereocenters. The number of nitrogens with one attached hydrogen (secondary N) is 1. The molecule has 1 aromatic rings. The van der Waals surface area contributed by atoms with Crippen LogP contribution >= 0.6 is 0 Å². The van der Waals surface area contributed by atoms with Crippen molar-refractivity contribution in [1.29, 1.82) is 0 Å². The summed E-state index contributed by atoms with van der Waals surface area (Å²) in [4.78, 5) is 13.5. The first kappa shape index (κ1) is 12.9. The SMILES string of the molecule is CC1Oc2ccc(C(CO)N(C)C)cc2NC1=O. The van der Waals surface area contributed by atoms with Crippen molar-refractivity contribution in [2.24, 2.45) is 0 Å². The number of ether oxygens (including phenoxy) is 1. The van der Waals surface area contributed by atoms with E-state index in [1.54, 1.807) is 6.92 Å². The Labute approximate surface area is 106 Å². The average Bonchev–Trinajstić information content (AvgIpc) is 2.31. The van der Waals surface area contributed by atoms with Gasteiger partial charge in [0.15, 0.2) is 6.10 Å². The Bertz CT molecular complexity index is 460. The quantitative estimate of drug-likeness (QED) is 0.840. The van der Waals surface area contributed by atoms with Crippen molar-refractivity contribution in [3.8, 4) is 5.75 Å². The maximum atomic E-state index is 11.5. The van der Waals surface area contributed by atoms with Crippen molar-refractivity contribution >= 4 is 11.6 Å². The molecule has 1 amide bonds. The van der Waals surface area contributed by atoms with Crippen molar-refractivity contribution in [3.05, 3.63) is 23.8 Å². The predicted molar refractivity (Wildman–Crippen MR) is 68.7 cm³/mol. The lowest BCUT2D eigenvalue weighted by atomic mass is 10.0. The zero-order chi connectivity index (χ0) is 13.3. The third-order valence-electron chi connectivity index (χ3n) is 3.12. The van der Waals surface area contributed by atoms with Crippen LogP contribution in [0, 0.1) is 0 Å². The first-order valence-corrected chi connectivity index (χ1v) is 5.91. The van der Waals surface area contributed by atoms with Crippen molar-refractivity contribution in [2.75, 3.05) is 26.0 Å². The number of fused-ring (bicyclic) bond motifs is 1. The third kappa shape index (κ3) is 2.32. The lowest BCUT2D eigenvalue weighted by molar-refractivity contribution is -0.122. The van der Waals surface area contributed by atoms with Gasteiger partial charge >= 0.3 is 0 Å². The molecule has 0 aliphatic carbocycles. The number of carbonyl (C=O) groups excluding carboxylic acids is 1. The van der Waals surface area contributed by atoms with Gasteiger partial charge in [0.1, 0.15) is 5.75 Å². The summed E-state index contributed by atoms with van der Waals surface area (Å²) in [6.07, 6.45) is -0.467. The predicted octanol–water partition coefficient (Wildman–Crippen LogP) is 1.00. The van der Waals surface area contributed by atoms with E-state index in [1.807, 2.05) is 37.2 Å². The molecular formula is C13H18N2O3. The van der Waals surface area contributed by atoms with Crippen molar-refractivity contribution in [1.82, 2.24) is 4.90 Å². The number of benzene rings is 1. The van der Waals surface area contributed by atoms with E-state index in [4.69, 9.17) is 4.74 Å². The van der Waals surface area contributed by atoms with E-state index in [9.17, 15) is 9.90 Å². The fraction of sp³-hybridized carbons (Fsp3) is 0.462. The Morgan fingerprint density at radius 2 is 2.22 bits per heavy atom. The molecule has 0 fully saturated rings. The summed E-state index contributed by atoms with van der Waals surface area (Å²) in [6, 6.07) is 5.49. The molecule has 2 atom stereocenters. The van der Waals surface area contributed by atoms with Gasteiger partial charge in [-0.3, -0.25) is 4.79 Å². The van der Waals surface area contributed by atoms with Crippen LogP contribution < -0.4 is 10.1 Å². The summed E-state index contributed by atoms with van der Waals surface area (Å²) in [7, 11) is 3.80. The highest BCUT2D eigenvalue weighted by molar-refractivity contribution is 5.97. The molecule has 1 aliphatic heterocycles. The van der Waals surface area contributed by atoms with Crippen LogP contribution in [0.1, 0.15) is 18.5 Å². The molecule has 5 nitrogen and oxygen atoms in total. The Morgan fingerprint density at radius 1 is 1.50 bits per heavy atom. The Kier molecular flexibility index (Phi) is 3.54. The number of amides is 1. The highest BCUT2D eigenvalue weighted by Gasteiger charge is 2.24. The van der Waals surface area contributed by atoms with Crippen molar-refractivity contribution in [3.63, 3.8) is 0 Å². The summed E-state index contributed by atoms with van der Waals surface area (Å²) < 4.78 is 5.48. The number of anilines is 1. The van der Waals surface area contributed by atoms with Crippen molar-refractivity contribution < 1.29 is 14.6 Å². The monoisotopic (exact) mass is 250 g/mol.